The SMILES string of the molecule is CCCC(C(=O)O)(C(=O)O)c1ccccc1.[H-].[H-].[Mg+2]. The molecule has 1 aromatic carbocycles. The molecular weight excluding hydrogens is 232 g/mol. The van der Waals surface area contributed by atoms with E-state index >= 15 is 0 Å². The minimum Gasteiger partial charge on any atom is -1.00 e. The first-order valence-corrected chi connectivity index (χ1v) is 5.08. The molecule has 0 saturated carbocycles. The Morgan fingerprint density at radius 1 is 1.18 bits per heavy atom. The molecule has 0 aliphatic rings. The molecule has 0 radical (unpaired) electrons. The third-order valence-corrected chi connectivity index (χ3v) is 2.62. The number of hydrogen-bond donors (Lipinski definition) is 2. The van der Waals surface area contributed by atoms with E-state index in [2.05, 4.69) is 0 Å². The Kier molecular flexibility index (Phi) is 6.19. The van der Waals surface area contributed by atoms with Gasteiger partial charge in [-0.25, -0.2) is 0 Å². The molecule has 0 fully saturated rings. The first kappa shape index (κ1) is 15.9. The van der Waals surface area contributed by atoms with Gasteiger partial charge in [-0.1, -0.05) is 43.7 Å². The number of carbonyl (C=O) groups is 2. The van der Waals surface area contributed by atoms with Crippen LogP contribution in [0.25, 0.3) is 0 Å². The molecule has 0 heterocycles. The van der Waals surface area contributed by atoms with Crippen molar-refractivity contribution in [2.45, 2.75) is 25.2 Å². The summed E-state index contributed by atoms with van der Waals surface area (Å²) >= 11 is 0. The Balaban J connectivity index is -0.000000853. The van der Waals surface area contributed by atoms with E-state index < -0.39 is 17.4 Å². The quantitative estimate of drug-likeness (QED) is 0.615. The molecule has 0 bridgehead atoms. The number of hydrogen-bond acceptors (Lipinski definition) is 2. The van der Waals surface area contributed by atoms with Gasteiger partial charge in [-0.05, 0) is 12.0 Å². The maximum absolute atomic E-state index is 11.3. The molecule has 2 N–H and O–H groups in total. The molecule has 1 aromatic rings. The van der Waals surface area contributed by atoms with E-state index in [1.807, 2.05) is 0 Å². The van der Waals surface area contributed by atoms with E-state index in [1.165, 1.54) is 12.1 Å². The van der Waals surface area contributed by atoms with Crippen molar-refractivity contribution in [3.05, 3.63) is 35.9 Å². The van der Waals surface area contributed by atoms with Crippen molar-refractivity contribution in [3.63, 3.8) is 0 Å². The van der Waals surface area contributed by atoms with Crippen molar-refractivity contribution in [2.75, 3.05) is 0 Å². The zero-order valence-corrected chi connectivity index (χ0v) is 11.1. The van der Waals surface area contributed by atoms with Crippen molar-refractivity contribution in [3.8, 4) is 0 Å². The van der Waals surface area contributed by atoms with E-state index in [0.29, 0.717) is 12.0 Å². The van der Waals surface area contributed by atoms with Crippen LogP contribution in [0.2, 0.25) is 0 Å². The predicted octanol–water partition coefficient (Wildman–Crippen LogP) is 1.74. The Hall–Kier alpha value is -1.07. The van der Waals surface area contributed by atoms with Gasteiger partial charge >= 0.3 is 35.0 Å². The average Bonchev–Trinajstić information content (AvgIpc) is 2.26. The molecule has 0 saturated heterocycles. The molecule has 4 nitrogen and oxygen atoms in total. The van der Waals surface area contributed by atoms with Crippen LogP contribution in [0.5, 0.6) is 0 Å². The van der Waals surface area contributed by atoms with Gasteiger partial charge < -0.3 is 13.1 Å². The van der Waals surface area contributed by atoms with Crippen LogP contribution in [-0.2, 0) is 15.0 Å². The maximum Gasteiger partial charge on any atom is 2.00 e. The van der Waals surface area contributed by atoms with Crippen LogP contribution >= 0.6 is 0 Å². The van der Waals surface area contributed by atoms with Crippen LogP contribution in [-0.4, -0.2) is 45.2 Å². The molecule has 90 valence electrons. The molecule has 0 aliphatic heterocycles. The molecule has 1 rings (SSSR count). The van der Waals surface area contributed by atoms with E-state index in [9.17, 15) is 19.8 Å². The third-order valence-electron chi connectivity index (χ3n) is 2.62. The Morgan fingerprint density at radius 3 is 2.00 bits per heavy atom. The molecular formula is C12H16MgO4. The summed E-state index contributed by atoms with van der Waals surface area (Å²) in [4.78, 5) is 22.5. The van der Waals surface area contributed by atoms with Crippen LogP contribution in [0.3, 0.4) is 0 Å². The fourth-order valence-electron chi connectivity index (χ4n) is 1.79. The largest absolute Gasteiger partial charge is 2.00 e. The molecule has 0 aliphatic carbocycles. The standard InChI is InChI=1S/C12H14O4.Mg.2H/c1-2-8-12(10(13)14,11(15)16)9-6-4-3-5-7-9;;;/h3-7H,2,8H2,1H3,(H,13,14)(H,15,16);;;/q;+2;2*-1. The van der Waals surface area contributed by atoms with Gasteiger partial charge in [-0.15, -0.1) is 0 Å². The van der Waals surface area contributed by atoms with Gasteiger partial charge in [0, 0.05) is 0 Å². The van der Waals surface area contributed by atoms with Crippen molar-refractivity contribution in [1.82, 2.24) is 0 Å². The second kappa shape index (κ2) is 6.61. The van der Waals surface area contributed by atoms with E-state index in [1.54, 1.807) is 25.1 Å². The summed E-state index contributed by atoms with van der Waals surface area (Å²) in [7, 11) is 0. The normalized spacial score (nSPS) is 10.4. The Bertz CT molecular complexity index is 384. The van der Waals surface area contributed by atoms with Crippen LogP contribution in [0, 0.1) is 0 Å². The van der Waals surface area contributed by atoms with Crippen molar-refractivity contribution >= 4 is 35.0 Å². The van der Waals surface area contributed by atoms with Gasteiger partial charge in [-0.2, -0.15) is 0 Å². The van der Waals surface area contributed by atoms with Crippen LogP contribution in [0.1, 0.15) is 28.2 Å². The van der Waals surface area contributed by atoms with Gasteiger partial charge in [0.15, 0.2) is 5.41 Å². The summed E-state index contributed by atoms with van der Waals surface area (Å²) in [6.07, 6.45) is 0.579. The molecule has 0 aromatic heterocycles. The topological polar surface area (TPSA) is 74.6 Å². The summed E-state index contributed by atoms with van der Waals surface area (Å²) < 4.78 is 0. The molecule has 0 amide bonds. The summed E-state index contributed by atoms with van der Waals surface area (Å²) in [5, 5.41) is 18.4. The molecule has 17 heavy (non-hydrogen) atoms. The number of carboxylic acids is 2. The summed E-state index contributed by atoms with van der Waals surface area (Å²) in [6.45, 7) is 1.77. The van der Waals surface area contributed by atoms with Gasteiger partial charge in [-0.3, -0.25) is 9.59 Å². The van der Waals surface area contributed by atoms with Gasteiger partial charge in [0.1, 0.15) is 0 Å². The van der Waals surface area contributed by atoms with Crippen molar-refractivity contribution in [1.29, 1.82) is 0 Å². The third kappa shape index (κ3) is 2.98. The maximum atomic E-state index is 11.3. The fraction of sp³-hybridized carbons (Fsp3) is 0.333. The van der Waals surface area contributed by atoms with Gasteiger partial charge in [0.05, 0.1) is 0 Å². The van der Waals surface area contributed by atoms with Crippen LogP contribution in [0.15, 0.2) is 30.3 Å². The van der Waals surface area contributed by atoms with Crippen molar-refractivity contribution in [2.24, 2.45) is 0 Å². The summed E-state index contributed by atoms with van der Waals surface area (Å²) in [6, 6.07) is 8.09. The molecule has 0 spiro atoms. The number of aliphatic carboxylic acids is 2. The first-order valence-electron chi connectivity index (χ1n) is 5.08. The minimum absolute atomic E-state index is 0. The average molecular weight is 249 g/mol. The second-order valence-corrected chi connectivity index (χ2v) is 3.63. The minimum atomic E-state index is -1.82. The molecule has 0 unspecified atom stereocenters. The van der Waals surface area contributed by atoms with E-state index in [-0.39, 0.29) is 32.3 Å². The predicted molar refractivity (Wildman–Crippen MR) is 66.3 cm³/mol. The van der Waals surface area contributed by atoms with Gasteiger partial charge in [0.25, 0.3) is 0 Å². The number of benzene rings is 1. The van der Waals surface area contributed by atoms with Crippen molar-refractivity contribution < 1.29 is 22.7 Å². The van der Waals surface area contributed by atoms with Gasteiger partial charge in [0.2, 0.25) is 0 Å². The Labute approximate surface area is 119 Å². The smallest absolute Gasteiger partial charge is 1.00 e. The molecule has 0 atom stereocenters. The van der Waals surface area contributed by atoms with E-state index in [4.69, 9.17) is 0 Å². The second-order valence-electron chi connectivity index (χ2n) is 3.63. The number of carboxylic acid groups (broad SMARTS) is 2. The Morgan fingerprint density at radius 2 is 1.65 bits per heavy atom. The van der Waals surface area contributed by atoms with E-state index in [0.717, 1.165) is 0 Å². The summed E-state index contributed by atoms with van der Waals surface area (Å²) in [5.41, 5.74) is -1.51. The molecule has 5 heteroatoms. The first-order chi connectivity index (χ1) is 7.55. The number of rotatable bonds is 5. The fourth-order valence-corrected chi connectivity index (χ4v) is 1.79. The summed E-state index contributed by atoms with van der Waals surface area (Å²) in [5.74, 6) is -2.62. The zero-order chi connectivity index (χ0) is 12.2. The zero-order valence-electron chi connectivity index (χ0n) is 11.7. The van der Waals surface area contributed by atoms with Crippen LogP contribution < -0.4 is 0 Å². The monoisotopic (exact) mass is 248 g/mol. The van der Waals surface area contributed by atoms with Crippen LogP contribution in [0.4, 0.5) is 0 Å².